The number of halogens is 9. The van der Waals surface area contributed by atoms with Gasteiger partial charge in [-0.15, -0.1) is 0 Å². The van der Waals surface area contributed by atoms with Crippen LogP contribution in [0.2, 0.25) is 0 Å². The van der Waals surface area contributed by atoms with Gasteiger partial charge < -0.3 is 35.0 Å². The predicted molar refractivity (Wildman–Crippen MR) is 158 cm³/mol. The molecule has 21 heteroatoms. The summed E-state index contributed by atoms with van der Waals surface area (Å²) in [4.78, 5) is 41.0. The molecule has 1 aromatic carbocycles. The second kappa shape index (κ2) is 17.3. The Morgan fingerprint density at radius 2 is 1.34 bits per heavy atom. The molecule has 1 fully saturated rings. The molecule has 2 aliphatic rings. The zero-order valence-corrected chi connectivity index (χ0v) is 26.4. The van der Waals surface area contributed by atoms with Gasteiger partial charge in [-0.2, -0.15) is 39.5 Å². The fourth-order valence-electron chi connectivity index (χ4n) is 4.65. The first kappa shape index (κ1) is 41.5. The fraction of sp³-hybridized carbons (Fsp3) is 0.483. The lowest BCUT2D eigenvalue weighted by Crippen LogP contribution is -2.45. The molecule has 3 heterocycles. The predicted octanol–water partition coefficient (Wildman–Crippen LogP) is 4.27. The molecule has 0 saturated carbocycles. The number of para-hydroxylation sites is 1. The van der Waals surface area contributed by atoms with E-state index in [0.717, 1.165) is 57.9 Å². The van der Waals surface area contributed by atoms with Crippen molar-refractivity contribution in [1.29, 1.82) is 0 Å². The third-order valence-corrected chi connectivity index (χ3v) is 7.21. The molecule has 5 rings (SSSR count). The van der Waals surface area contributed by atoms with Gasteiger partial charge >= 0.3 is 36.4 Å². The van der Waals surface area contributed by atoms with Crippen LogP contribution in [0.3, 0.4) is 0 Å². The molecule has 1 aliphatic carbocycles. The topological polar surface area (TPSA) is 161 Å². The number of carboxylic acids is 3. The Balaban J connectivity index is 0.000000338. The molecule has 1 aliphatic heterocycles. The Kier molecular flexibility index (Phi) is 14.4. The van der Waals surface area contributed by atoms with Gasteiger partial charge in [0.2, 0.25) is 5.95 Å². The summed E-state index contributed by atoms with van der Waals surface area (Å²) in [7, 11) is 4.30. The molecule has 1 atom stereocenters. The van der Waals surface area contributed by atoms with Crippen LogP contribution in [0.15, 0.2) is 36.7 Å². The van der Waals surface area contributed by atoms with Crippen molar-refractivity contribution in [2.45, 2.75) is 50.4 Å². The van der Waals surface area contributed by atoms with E-state index in [0.29, 0.717) is 6.04 Å². The minimum atomic E-state index is -5.08. The van der Waals surface area contributed by atoms with Crippen molar-refractivity contribution in [3.05, 3.63) is 53.5 Å². The second-order valence-corrected chi connectivity index (χ2v) is 10.9. The van der Waals surface area contributed by atoms with Crippen molar-refractivity contribution < 1.29 is 69.2 Å². The first-order valence-electron chi connectivity index (χ1n) is 14.5. The highest BCUT2D eigenvalue weighted by molar-refractivity contribution is 5.83. The number of rotatable bonds is 4. The van der Waals surface area contributed by atoms with Crippen molar-refractivity contribution in [3.63, 3.8) is 0 Å². The Hall–Kier alpha value is -4.66. The summed E-state index contributed by atoms with van der Waals surface area (Å²) in [5.74, 6) is -7.36. The van der Waals surface area contributed by atoms with Crippen LogP contribution in [0.1, 0.15) is 23.2 Å². The lowest BCUT2D eigenvalue weighted by atomic mass is 9.92. The first-order valence-corrected chi connectivity index (χ1v) is 14.5. The molecular formula is C29H33F9N6O6. The van der Waals surface area contributed by atoms with E-state index in [-0.39, 0.29) is 0 Å². The number of piperazine rings is 1. The number of alkyl halides is 9. The number of aliphatic carboxylic acids is 3. The minimum absolute atomic E-state index is 0.486. The molecule has 0 amide bonds. The van der Waals surface area contributed by atoms with Gasteiger partial charge in [0.05, 0.1) is 0 Å². The van der Waals surface area contributed by atoms with Gasteiger partial charge in [0.1, 0.15) is 0 Å². The van der Waals surface area contributed by atoms with E-state index in [2.05, 4.69) is 70.4 Å². The Morgan fingerprint density at radius 3 is 1.84 bits per heavy atom. The van der Waals surface area contributed by atoms with Crippen molar-refractivity contribution in [2.75, 3.05) is 38.1 Å². The molecule has 1 unspecified atom stereocenters. The lowest BCUT2D eigenvalue weighted by molar-refractivity contribution is -0.193. The van der Waals surface area contributed by atoms with E-state index in [1.807, 2.05) is 0 Å². The summed E-state index contributed by atoms with van der Waals surface area (Å²) in [5.41, 5.74) is 5.22. The molecule has 2 aromatic heterocycles. The number of fused-ring (bicyclic) bond motifs is 2. The maximum atomic E-state index is 10.6. The fourth-order valence-corrected chi connectivity index (χ4v) is 4.65. The number of carbonyl (C=O) groups is 3. The molecule has 1 saturated heterocycles. The summed E-state index contributed by atoms with van der Waals surface area (Å²) in [6.45, 7) is 5.11. The molecule has 278 valence electrons. The van der Waals surface area contributed by atoms with E-state index < -0.39 is 36.4 Å². The molecule has 4 N–H and O–H groups in total. The molecule has 12 nitrogen and oxygen atoms in total. The van der Waals surface area contributed by atoms with E-state index in [4.69, 9.17) is 39.7 Å². The van der Waals surface area contributed by atoms with E-state index in [9.17, 15) is 39.5 Å². The van der Waals surface area contributed by atoms with Gasteiger partial charge in [0, 0.05) is 74.8 Å². The summed E-state index contributed by atoms with van der Waals surface area (Å²) in [6, 6.07) is 9.12. The van der Waals surface area contributed by atoms with Crippen LogP contribution >= 0.6 is 0 Å². The lowest BCUT2D eigenvalue weighted by Gasteiger charge is -2.33. The van der Waals surface area contributed by atoms with Gasteiger partial charge in [0.25, 0.3) is 0 Å². The average Bonchev–Trinajstić information content (AvgIpc) is 3.34. The average molecular weight is 733 g/mol. The van der Waals surface area contributed by atoms with Crippen molar-refractivity contribution in [1.82, 2.24) is 24.8 Å². The number of aryl methyl sites for hydroxylation is 2. The van der Waals surface area contributed by atoms with Crippen LogP contribution in [0, 0.1) is 0 Å². The van der Waals surface area contributed by atoms with Gasteiger partial charge in [-0.1, -0.05) is 18.2 Å². The minimum Gasteiger partial charge on any atom is -0.475 e. The van der Waals surface area contributed by atoms with Crippen LogP contribution in [0.25, 0.3) is 10.9 Å². The number of hydrogen-bond donors (Lipinski definition) is 4. The van der Waals surface area contributed by atoms with E-state index in [1.54, 1.807) is 0 Å². The molecule has 0 radical (unpaired) electrons. The van der Waals surface area contributed by atoms with Crippen molar-refractivity contribution in [2.24, 2.45) is 7.05 Å². The normalized spacial score (nSPS) is 16.5. The zero-order valence-electron chi connectivity index (χ0n) is 26.4. The molecule has 0 spiro atoms. The quantitative estimate of drug-likeness (QED) is 0.284. The third-order valence-electron chi connectivity index (χ3n) is 7.21. The summed E-state index contributed by atoms with van der Waals surface area (Å²) in [5, 5.41) is 26.5. The van der Waals surface area contributed by atoms with Crippen LogP contribution in [0.5, 0.6) is 0 Å². The number of anilines is 1. The van der Waals surface area contributed by atoms with Crippen LogP contribution < -0.4 is 10.2 Å². The first-order chi connectivity index (χ1) is 23.0. The second-order valence-electron chi connectivity index (χ2n) is 10.9. The highest BCUT2D eigenvalue weighted by atomic mass is 19.4. The van der Waals surface area contributed by atoms with Gasteiger partial charge in [0.15, 0.2) is 0 Å². The van der Waals surface area contributed by atoms with E-state index in [1.165, 1.54) is 27.7 Å². The zero-order chi connectivity index (χ0) is 38.0. The largest absolute Gasteiger partial charge is 0.490 e. The van der Waals surface area contributed by atoms with E-state index >= 15 is 0 Å². The van der Waals surface area contributed by atoms with Gasteiger partial charge in [-0.05, 0) is 43.5 Å². The summed E-state index contributed by atoms with van der Waals surface area (Å²) in [6.07, 6.45) is -7.74. The van der Waals surface area contributed by atoms with Gasteiger partial charge in [-0.3, -0.25) is 0 Å². The maximum absolute atomic E-state index is 10.6. The number of hydrogen-bond acceptors (Lipinski definition) is 8. The number of nitrogens with zero attached hydrogens (tertiary/aromatic N) is 5. The number of aromatic nitrogens is 3. The monoisotopic (exact) mass is 732 g/mol. The number of benzene rings is 1. The Labute approximate surface area is 278 Å². The van der Waals surface area contributed by atoms with Crippen molar-refractivity contribution in [3.8, 4) is 0 Å². The number of likely N-dealkylation sites (N-methyl/N-ethyl adjacent to an activating group) is 1. The molecule has 0 bridgehead atoms. The van der Waals surface area contributed by atoms with Crippen LogP contribution in [-0.4, -0.2) is 110 Å². The Bertz CT molecular complexity index is 1550. The molecular weight excluding hydrogens is 699 g/mol. The van der Waals surface area contributed by atoms with Crippen molar-refractivity contribution >= 4 is 34.8 Å². The Morgan fingerprint density at radius 1 is 0.840 bits per heavy atom. The van der Waals surface area contributed by atoms with Crippen LogP contribution in [0.4, 0.5) is 45.5 Å². The molecule has 3 aromatic rings. The highest BCUT2D eigenvalue weighted by Gasteiger charge is 2.39. The SMILES string of the molecule is CN1CCN(c2ncc3c(n2)CCC(NCc2cn(C)c4ccccc24)C3)CC1.O=C(O)C(F)(F)F.O=C(O)C(F)(F)F.O=C(O)C(F)(F)F. The van der Waals surface area contributed by atoms with Crippen LogP contribution in [-0.2, 0) is 40.8 Å². The summed E-state index contributed by atoms with van der Waals surface area (Å²) < 4.78 is 97.4. The third kappa shape index (κ3) is 13.0. The highest BCUT2D eigenvalue weighted by Crippen LogP contribution is 2.24. The smallest absolute Gasteiger partial charge is 0.475 e. The number of carboxylic acid groups (broad SMARTS) is 3. The maximum Gasteiger partial charge on any atom is 0.490 e. The standard InChI is InChI=1S/C23H30N6.3C2HF3O2/c1-27-9-11-29(12-10-27)23-25-14-17-13-19(7-8-21(17)26-23)24-15-18-16-28(2)22-6-4-3-5-20(18)22;3*3-2(4,5)1(6)7/h3-6,14,16,19,24H,7-13,15H2,1-2H3;3*(H,6,7). The number of nitrogens with one attached hydrogen (secondary N) is 1. The van der Waals surface area contributed by atoms with Gasteiger partial charge in [-0.25, -0.2) is 24.4 Å². The molecule has 50 heavy (non-hydrogen) atoms. The summed E-state index contributed by atoms with van der Waals surface area (Å²) >= 11 is 0.